The monoisotopic (exact) mass is 276 g/mol. The highest BCUT2D eigenvalue weighted by Crippen LogP contribution is 2.38. The fourth-order valence-electron chi connectivity index (χ4n) is 2.72. The van der Waals surface area contributed by atoms with E-state index in [1.807, 2.05) is 13.0 Å². The number of allylic oxidation sites excluding steroid dienone is 4. The van der Waals surface area contributed by atoms with E-state index in [4.69, 9.17) is 4.74 Å². The largest absolute Gasteiger partial charge is 0.493 e. The summed E-state index contributed by atoms with van der Waals surface area (Å²) >= 11 is 0. The molecular weight excluding hydrogens is 256 g/mol. The van der Waals surface area contributed by atoms with Gasteiger partial charge in [-0.25, -0.2) is 0 Å². The molecule has 1 aliphatic rings. The highest BCUT2D eigenvalue weighted by atomic mass is 16.5. The minimum Gasteiger partial charge on any atom is -0.493 e. The molecule has 0 radical (unpaired) electrons. The molecular formula is C20H20O. The molecule has 0 unspecified atom stereocenters. The van der Waals surface area contributed by atoms with E-state index in [1.165, 1.54) is 16.7 Å². The predicted octanol–water partition coefficient (Wildman–Crippen LogP) is 5.49. The minimum absolute atomic E-state index is 0.674. The topological polar surface area (TPSA) is 9.23 Å². The van der Waals surface area contributed by atoms with Crippen LogP contribution in [0.15, 0.2) is 66.8 Å². The molecule has 0 bridgehead atoms. The summed E-state index contributed by atoms with van der Waals surface area (Å²) in [6.45, 7) is 2.71. The van der Waals surface area contributed by atoms with Crippen molar-refractivity contribution < 1.29 is 4.74 Å². The summed E-state index contributed by atoms with van der Waals surface area (Å²) in [5.74, 6) is 0.990. The smallest absolute Gasteiger partial charge is 0.134 e. The lowest BCUT2D eigenvalue weighted by Gasteiger charge is -2.17. The number of hydrogen-bond acceptors (Lipinski definition) is 1. The van der Waals surface area contributed by atoms with Crippen LogP contribution in [0.25, 0.3) is 16.7 Å². The lowest BCUT2D eigenvalue weighted by molar-refractivity contribution is 0.340. The third kappa shape index (κ3) is 2.92. The first-order chi connectivity index (χ1) is 10.4. The zero-order chi connectivity index (χ0) is 14.5. The average molecular weight is 276 g/mol. The van der Waals surface area contributed by atoms with Gasteiger partial charge in [0.2, 0.25) is 0 Å². The number of hydrogen-bond donors (Lipinski definition) is 0. The molecule has 1 nitrogen and oxygen atoms in total. The van der Waals surface area contributed by atoms with Crippen LogP contribution in [0, 0.1) is 0 Å². The number of para-hydroxylation sites is 1. The third-order valence-electron chi connectivity index (χ3n) is 3.69. The Morgan fingerprint density at radius 3 is 2.43 bits per heavy atom. The van der Waals surface area contributed by atoms with Crippen molar-refractivity contribution in [2.24, 2.45) is 0 Å². The van der Waals surface area contributed by atoms with Crippen molar-refractivity contribution in [2.45, 2.75) is 19.8 Å². The summed E-state index contributed by atoms with van der Waals surface area (Å²) in [6, 6.07) is 16.8. The summed E-state index contributed by atoms with van der Waals surface area (Å²) in [4.78, 5) is 0. The Labute approximate surface area is 126 Å². The van der Waals surface area contributed by atoms with Gasteiger partial charge in [-0.2, -0.15) is 0 Å². The zero-order valence-electron chi connectivity index (χ0n) is 12.4. The van der Waals surface area contributed by atoms with Crippen LogP contribution >= 0.6 is 0 Å². The molecule has 0 aromatic heterocycles. The number of rotatable bonds is 4. The molecule has 0 aliphatic heterocycles. The molecule has 0 saturated carbocycles. The summed E-state index contributed by atoms with van der Waals surface area (Å²) < 4.78 is 6.00. The lowest BCUT2D eigenvalue weighted by atomic mass is 9.94. The molecule has 0 N–H and O–H groups in total. The van der Waals surface area contributed by atoms with Gasteiger partial charge in [0.25, 0.3) is 0 Å². The molecule has 21 heavy (non-hydrogen) atoms. The maximum Gasteiger partial charge on any atom is 0.134 e. The molecule has 0 amide bonds. The molecule has 0 atom stereocenters. The Hall–Kier alpha value is -2.28. The van der Waals surface area contributed by atoms with E-state index in [1.54, 1.807) is 0 Å². The standard InChI is InChI=1S/C20H20O/c1-2-21-20-18(16-10-5-3-6-11-16)14-9-15-19(20)17-12-7-4-8-13-17/h3,5-7,9-15H,2,4,8H2,1H3. The van der Waals surface area contributed by atoms with E-state index in [-0.39, 0.29) is 0 Å². The maximum absolute atomic E-state index is 6.00. The van der Waals surface area contributed by atoms with Crippen LogP contribution in [0.2, 0.25) is 0 Å². The van der Waals surface area contributed by atoms with Crippen LogP contribution < -0.4 is 4.74 Å². The lowest BCUT2D eigenvalue weighted by Crippen LogP contribution is -1.99. The Morgan fingerprint density at radius 1 is 0.905 bits per heavy atom. The van der Waals surface area contributed by atoms with Crippen LogP contribution in [0.4, 0.5) is 0 Å². The van der Waals surface area contributed by atoms with Crippen LogP contribution in [0.5, 0.6) is 5.75 Å². The summed E-state index contributed by atoms with van der Waals surface area (Å²) in [6.07, 6.45) is 8.97. The van der Waals surface area contributed by atoms with Crippen molar-refractivity contribution in [3.63, 3.8) is 0 Å². The third-order valence-corrected chi connectivity index (χ3v) is 3.69. The fourth-order valence-corrected chi connectivity index (χ4v) is 2.72. The molecule has 106 valence electrons. The normalized spacial score (nSPS) is 13.9. The van der Waals surface area contributed by atoms with Crippen molar-refractivity contribution in [3.8, 4) is 16.9 Å². The molecule has 0 spiro atoms. The van der Waals surface area contributed by atoms with E-state index in [2.05, 4.69) is 60.7 Å². The van der Waals surface area contributed by atoms with Gasteiger partial charge >= 0.3 is 0 Å². The first kappa shape index (κ1) is 13.7. The van der Waals surface area contributed by atoms with Gasteiger partial charge in [0.1, 0.15) is 5.75 Å². The Bertz CT molecular complexity index is 665. The van der Waals surface area contributed by atoms with Crippen molar-refractivity contribution in [2.75, 3.05) is 6.61 Å². The second-order valence-electron chi connectivity index (χ2n) is 5.12. The molecule has 1 aliphatic carbocycles. The highest BCUT2D eigenvalue weighted by molar-refractivity contribution is 5.84. The van der Waals surface area contributed by atoms with Gasteiger partial charge in [0, 0.05) is 11.1 Å². The summed E-state index contributed by atoms with van der Waals surface area (Å²) in [5.41, 5.74) is 4.81. The fraction of sp³-hybridized carbons (Fsp3) is 0.200. The Kier molecular flexibility index (Phi) is 4.20. The number of benzene rings is 2. The van der Waals surface area contributed by atoms with E-state index in [9.17, 15) is 0 Å². The van der Waals surface area contributed by atoms with Crippen molar-refractivity contribution in [1.29, 1.82) is 0 Å². The zero-order valence-corrected chi connectivity index (χ0v) is 12.4. The second-order valence-corrected chi connectivity index (χ2v) is 5.12. The van der Waals surface area contributed by atoms with E-state index >= 15 is 0 Å². The first-order valence-electron chi connectivity index (χ1n) is 7.58. The minimum atomic E-state index is 0.674. The van der Waals surface area contributed by atoms with Gasteiger partial charge < -0.3 is 4.74 Å². The van der Waals surface area contributed by atoms with Crippen LogP contribution in [-0.2, 0) is 0 Å². The van der Waals surface area contributed by atoms with Gasteiger partial charge in [-0.3, -0.25) is 0 Å². The Balaban J connectivity index is 2.13. The van der Waals surface area contributed by atoms with Crippen molar-refractivity contribution >= 4 is 5.57 Å². The molecule has 2 aromatic rings. The summed E-state index contributed by atoms with van der Waals surface area (Å²) in [5, 5.41) is 0. The van der Waals surface area contributed by atoms with Gasteiger partial charge in [-0.1, -0.05) is 66.8 Å². The Morgan fingerprint density at radius 2 is 1.71 bits per heavy atom. The maximum atomic E-state index is 6.00. The molecule has 1 heteroatoms. The molecule has 0 saturated heterocycles. The van der Waals surface area contributed by atoms with E-state index in [0.29, 0.717) is 6.61 Å². The van der Waals surface area contributed by atoms with Crippen molar-refractivity contribution in [1.82, 2.24) is 0 Å². The van der Waals surface area contributed by atoms with Gasteiger partial charge in [-0.05, 0) is 30.9 Å². The van der Waals surface area contributed by atoms with E-state index in [0.717, 1.165) is 24.2 Å². The molecule has 0 heterocycles. The second kappa shape index (κ2) is 6.45. The predicted molar refractivity (Wildman–Crippen MR) is 89.4 cm³/mol. The SMILES string of the molecule is CCOc1c(C2=CCCC=C2)cccc1-c1ccccc1. The van der Waals surface area contributed by atoms with E-state index < -0.39 is 0 Å². The first-order valence-corrected chi connectivity index (χ1v) is 7.58. The van der Waals surface area contributed by atoms with Crippen LogP contribution in [-0.4, -0.2) is 6.61 Å². The highest BCUT2D eigenvalue weighted by Gasteiger charge is 2.14. The van der Waals surface area contributed by atoms with Gasteiger partial charge in [0.15, 0.2) is 0 Å². The average Bonchev–Trinajstić information content (AvgIpc) is 2.57. The summed E-state index contributed by atoms with van der Waals surface area (Å²) in [7, 11) is 0. The van der Waals surface area contributed by atoms with Gasteiger partial charge in [-0.15, -0.1) is 0 Å². The molecule has 3 rings (SSSR count). The molecule has 2 aromatic carbocycles. The van der Waals surface area contributed by atoms with Crippen LogP contribution in [0.3, 0.4) is 0 Å². The van der Waals surface area contributed by atoms with Crippen LogP contribution in [0.1, 0.15) is 25.3 Å². The number of ether oxygens (including phenoxy) is 1. The molecule has 0 fully saturated rings. The van der Waals surface area contributed by atoms with Crippen molar-refractivity contribution in [3.05, 3.63) is 72.3 Å². The quantitative estimate of drug-likeness (QED) is 0.718. The van der Waals surface area contributed by atoms with Gasteiger partial charge in [0.05, 0.1) is 6.61 Å².